The molecule has 0 amide bonds. The lowest BCUT2D eigenvalue weighted by Gasteiger charge is -2.26. The fourth-order valence-electron chi connectivity index (χ4n) is 2.10. The number of hydrogen-bond acceptors (Lipinski definition) is 2. The third-order valence-corrected chi connectivity index (χ3v) is 3.83. The number of alkyl halides is 6. The summed E-state index contributed by atoms with van der Waals surface area (Å²) in [4.78, 5) is 22.5. The zero-order valence-electron chi connectivity index (χ0n) is 12.1. The normalized spacial score (nSPS) is 13.1. The zero-order valence-corrected chi connectivity index (χ0v) is 12.9. The topological polar surface area (TPSA) is 74.6 Å². The Morgan fingerprint density at radius 3 is 1.65 bits per heavy atom. The maximum absolute atomic E-state index is 12.8. The molecule has 0 aromatic rings. The molecule has 0 aliphatic rings. The molecule has 0 aromatic heterocycles. The minimum absolute atomic E-state index is 0.168. The number of carboxylic acids is 2. The van der Waals surface area contributed by atoms with Gasteiger partial charge in [-0.15, -0.1) is 11.6 Å². The molecular weight excluding hydrogens is 351 g/mol. The summed E-state index contributed by atoms with van der Waals surface area (Å²) < 4.78 is 61.8. The lowest BCUT2D eigenvalue weighted by molar-refractivity contribution is -0.284. The van der Waals surface area contributed by atoms with Crippen LogP contribution in [0.25, 0.3) is 0 Å². The van der Waals surface area contributed by atoms with Crippen molar-refractivity contribution in [3.05, 3.63) is 0 Å². The van der Waals surface area contributed by atoms with Crippen LogP contribution in [-0.4, -0.2) is 40.1 Å². The maximum atomic E-state index is 12.8. The van der Waals surface area contributed by atoms with E-state index in [0.29, 0.717) is 18.7 Å². The smallest absolute Gasteiger partial charge is 0.453 e. The van der Waals surface area contributed by atoms with Gasteiger partial charge in [0.05, 0.1) is 0 Å². The number of carboxylic acid groups (broad SMARTS) is 2. The predicted octanol–water partition coefficient (Wildman–Crippen LogP) is 4.31. The van der Waals surface area contributed by atoms with Crippen molar-refractivity contribution in [2.24, 2.45) is 5.41 Å². The highest BCUT2D eigenvalue weighted by Crippen LogP contribution is 2.41. The highest BCUT2D eigenvalue weighted by Gasteiger charge is 2.57. The van der Waals surface area contributed by atoms with Gasteiger partial charge in [0.15, 0.2) is 5.41 Å². The second-order valence-electron chi connectivity index (χ2n) is 5.25. The molecule has 0 aliphatic heterocycles. The van der Waals surface area contributed by atoms with Crippen molar-refractivity contribution in [1.29, 1.82) is 0 Å². The average Bonchev–Trinajstić information content (AvgIpc) is 2.39. The van der Waals surface area contributed by atoms with Crippen LogP contribution in [0.1, 0.15) is 44.9 Å². The van der Waals surface area contributed by atoms with Gasteiger partial charge in [-0.1, -0.05) is 12.8 Å². The lowest BCUT2D eigenvalue weighted by atomic mass is 9.78. The highest BCUT2D eigenvalue weighted by atomic mass is 35.5. The first kappa shape index (κ1) is 21.9. The number of aliphatic carboxylic acids is 2. The highest BCUT2D eigenvalue weighted by molar-refractivity contribution is 6.17. The Balaban J connectivity index is 4.90. The van der Waals surface area contributed by atoms with Crippen LogP contribution in [0, 0.1) is 5.41 Å². The van der Waals surface area contributed by atoms with E-state index in [1.54, 1.807) is 0 Å². The van der Waals surface area contributed by atoms with Gasteiger partial charge in [-0.2, -0.15) is 22.0 Å². The van der Waals surface area contributed by atoms with E-state index in [1.807, 2.05) is 0 Å². The summed E-state index contributed by atoms with van der Waals surface area (Å²) in [5, 5.41) is 18.2. The van der Waals surface area contributed by atoms with Crippen LogP contribution in [0.4, 0.5) is 22.0 Å². The van der Waals surface area contributed by atoms with Crippen molar-refractivity contribution < 1.29 is 41.8 Å². The standard InChI is InChI=1S/C13H18ClF5O4/c14-8-3-1-2-5-11(9(20)21,10(22)23)6-4-7-12(15,16)13(17,18)19/h1-8H2,(H,20,21)(H,22,23). The predicted molar refractivity (Wildman–Crippen MR) is 71.7 cm³/mol. The zero-order chi connectivity index (χ0) is 18.3. The van der Waals surface area contributed by atoms with E-state index in [4.69, 9.17) is 21.8 Å². The average molecular weight is 369 g/mol. The Kier molecular flexibility index (Phi) is 8.23. The van der Waals surface area contributed by atoms with Crippen LogP contribution in [-0.2, 0) is 9.59 Å². The molecule has 4 nitrogen and oxygen atoms in total. The van der Waals surface area contributed by atoms with Crippen LogP contribution in [0.2, 0.25) is 0 Å². The van der Waals surface area contributed by atoms with Crippen molar-refractivity contribution in [2.75, 3.05) is 5.88 Å². The van der Waals surface area contributed by atoms with E-state index in [9.17, 15) is 31.5 Å². The first-order valence-electron chi connectivity index (χ1n) is 6.88. The lowest BCUT2D eigenvalue weighted by Crippen LogP contribution is -2.41. The summed E-state index contributed by atoms with van der Waals surface area (Å²) in [6.45, 7) is 0. The van der Waals surface area contributed by atoms with Crippen molar-refractivity contribution in [3.8, 4) is 0 Å². The van der Waals surface area contributed by atoms with Crippen molar-refractivity contribution in [1.82, 2.24) is 0 Å². The number of rotatable bonds is 11. The van der Waals surface area contributed by atoms with Crippen molar-refractivity contribution in [2.45, 2.75) is 57.0 Å². The molecule has 0 spiro atoms. The van der Waals surface area contributed by atoms with E-state index < -0.39 is 48.7 Å². The third-order valence-electron chi connectivity index (χ3n) is 3.56. The first-order valence-corrected chi connectivity index (χ1v) is 7.41. The monoisotopic (exact) mass is 368 g/mol. The Bertz CT molecular complexity index is 398. The second kappa shape index (κ2) is 8.65. The van der Waals surface area contributed by atoms with Gasteiger partial charge in [0.1, 0.15) is 0 Å². The molecule has 23 heavy (non-hydrogen) atoms. The SMILES string of the molecule is O=C(O)C(CCCCCCl)(CCCC(F)(F)C(F)(F)F)C(=O)O. The Morgan fingerprint density at radius 1 is 0.783 bits per heavy atom. The van der Waals surface area contributed by atoms with Crippen LogP contribution >= 0.6 is 11.6 Å². The molecule has 0 saturated carbocycles. The molecule has 0 rings (SSSR count). The quantitative estimate of drug-likeness (QED) is 0.247. The van der Waals surface area contributed by atoms with Gasteiger partial charge in [0.2, 0.25) is 0 Å². The van der Waals surface area contributed by atoms with Gasteiger partial charge >= 0.3 is 24.0 Å². The number of halogens is 6. The van der Waals surface area contributed by atoms with Crippen LogP contribution in [0.5, 0.6) is 0 Å². The number of hydrogen-bond donors (Lipinski definition) is 2. The summed E-state index contributed by atoms with van der Waals surface area (Å²) in [5.74, 6) is -8.17. The Morgan fingerprint density at radius 2 is 1.26 bits per heavy atom. The molecule has 0 bridgehead atoms. The second-order valence-corrected chi connectivity index (χ2v) is 5.63. The van der Waals surface area contributed by atoms with Crippen LogP contribution < -0.4 is 0 Å². The minimum Gasteiger partial charge on any atom is -0.480 e. The molecule has 0 aromatic carbocycles. The van der Waals surface area contributed by atoms with Gasteiger partial charge in [0.25, 0.3) is 0 Å². The summed E-state index contributed by atoms with van der Waals surface area (Å²) in [6, 6.07) is 0. The van der Waals surface area contributed by atoms with Gasteiger partial charge in [0, 0.05) is 12.3 Å². The molecule has 0 unspecified atom stereocenters. The molecule has 2 N–H and O–H groups in total. The minimum atomic E-state index is -5.75. The largest absolute Gasteiger partial charge is 0.480 e. The van der Waals surface area contributed by atoms with E-state index >= 15 is 0 Å². The summed E-state index contributed by atoms with van der Waals surface area (Å²) >= 11 is 5.43. The van der Waals surface area contributed by atoms with Crippen molar-refractivity contribution >= 4 is 23.5 Å². The van der Waals surface area contributed by atoms with Crippen molar-refractivity contribution in [3.63, 3.8) is 0 Å². The molecule has 136 valence electrons. The Hall–Kier alpha value is -1.12. The van der Waals surface area contributed by atoms with Gasteiger partial charge in [-0.3, -0.25) is 9.59 Å². The molecule has 0 heterocycles. The van der Waals surface area contributed by atoms with Gasteiger partial charge in [-0.25, -0.2) is 0 Å². The molecule has 0 atom stereocenters. The maximum Gasteiger partial charge on any atom is 0.453 e. The van der Waals surface area contributed by atoms with Crippen LogP contribution in [0.15, 0.2) is 0 Å². The molecule has 10 heteroatoms. The Labute approximate surface area is 134 Å². The number of unbranched alkanes of at least 4 members (excludes halogenated alkanes) is 2. The number of carbonyl (C=O) groups is 2. The summed E-state index contributed by atoms with van der Waals surface area (Å²) in [7, 11) is 0. The molecule has 0 radical (unpaired) electrons. The van der Waals surface area contributed by atoms with E-state index in [1.165, 1.54) is 0 Å². The first-order chi connectivity index (χ1) is 10.4. The van der Waals surface area contributed by atoms with E-state index in [-0.39, 0.29) is 12.8 Å². The van der Waals surface area contributed by atoms with Gasteiger partial charge < -0.3 is 10.2 Å². The molecule has 0 aliphatic carbocycles. The van der Waals surface area contributed by atoms with E-state index in [2.05, 4.69) is 0 Å². The summed E-state index contributed by atoms with van der Waals surface area (Å²) in [5.41, 5.74) is -2.37. The molecule has 0 saturated heterocycles. The third kappa shape index (κ3) is 6.12. The molecular formula is C13H18ClF5O4. The van der Waals surface area contributed by atoms with E-state index in [0.717, 1.165) is 0 Å². The van der Waals surface area contributed by atoms with Gasteiger partial charge in [-0.05, 0) is 25.7 Å². The fraction of sp³-hybridized carbons (Fsp3) is 0.846. The molecule has 0 fully saturated rings. The summed E-state index contributed by atoms with van der Waals surface area (Å²) in [6.07, 6.45) is -8.31. The van der Waals surface area contributed by atoms with Crippen LogP contribution in [0.3, 0.4) is 0 Å². The fourth-order valence-corrected chi connectivity index (χ4v) is 2.29.